The molecule has 1 aliphatic carbocycles. The maximum Gasteiger partial charge on any atom is 0.133 e. The molecule has 0 aromatic heterocycles. The minimum absolute atomic E-state index is 0.359. The highest BCUT2D eigenvalue weighted by atomic mass is 19.1. The van der Waals surface area contributed by atoms with E-state index in [1.807, 2.05) is 6.92 Å². The monoisotopic (exact) mass is 345 g/mol. The third-order valence-corrected chi connectivity index (χ3v) is 4.69. The Morgan fingerprint density at radius 2 is 1.88 bits per heavy atom. The van der Waals surface area contributed by atoms with Crippen LogP contribution in [-0.2, 0) is 4.74 Å². The van der Waals surface area contributed by atoms with Gasteiger partial charge < -0.3 is 9.47 Å². The van der Waals surface area contributed by atoms with Gasteiger partial charge in [-0.15, -0.1) is 0 Å². The molecule has 3 rings (SSSR count). The Kier molecular flexibility index (Phi) is 6.03. The van der Waals surface area contributed by atoms with Crippen molar-refractivity contribution in [1.82, 2.24) is 0 Å². The van der Waals surface area contributed by atoms with Gasteiger partial charge in [-0.25, -0.2) is 8.78 Å². The Hall–Kier alpha value is -1.94. The predicted octanol–water partition coefficient (Wildman–Crippen LogP) is 5.41. The lowest BCUT2D eigenvalue weighted by molar-refractivity contribution is 0.0199. The number of halogens is 2. The summed E-state index contributed by atoms with van der Waals surface area (Å²) in [5.41, 5.74) is 1.02. The quantitative estimate of drug-likeness (QED) is 0.697. The lowest BCUT2D eigenvalue weighted by Crippen LogP contribution is -2.25. The molecular weight excluding hydrogens is 322 g/mol. The second-order valence-electron chi connectivity index (χ2n) is 6.47. The predicted molar refractivity (Wildman–Crippen MR) is 93.5 cm³/mol. The fourth-order valence-electron chi connectivity index (χ4n) is 3.33. The van der Waals surface area contributed by atoms with Crippen LogP contribution in [0.15, 0.2) is 36.4 Å². The van der Waals surface area contributed by atoms with Gasteiger partial charge in [-0.2, -0.15) is 0 Å². The molecule has 1 fully saturated rings. The largest absolute Gasteiger partial charge is 0.493 e. The van der Waals surface area contributed by atoms with Gasteiger partial charge in [-0.1, -0.05) is 6.07 Å². The Balaban J connectivity index is 1.59. The van der Waals surface area contributed by atoms with E-state index in [2.05, 4.69) is 6.07 Å². The molecule has 0 aliphatic heterocycles. The maximum absolute atomic E-state index is 13.9. The van der Waals surface area contributed by atoms with Crippen molar-refractivity contribution in [2.45, 2.75) is 38.7 Å². The standard InChI is InChI=1S/C21H23F2O2/c1-2-24-18-9-6-15(7-10-18)14-25-19-5-3-4-16(12-19)20-11-8-17(22)13-21(20)23/h3-4,8,11-13,15,18H,2,6-7,9-10,14H2,1H3/t15-,18-. The fraction of sp³-hybridized carbons (Fsp3) is 0.429. The highest BCUT2D eigenvalue weighted by Gasteiger charge is 2.21. The molecular formula is C21H23F2O2. The van der Waals surface area contributed by atoms with E-state index in [9.17, 15) is 8.78 Å². The lowest BCUT2D eigenvalue weighted by Gasteiger charge is -2.28. The summed E-state index contributed by atoms with van der Waals surface area (Å²) in [6.45, 7) is 3.43. The van der Waals surface area contributed by atoms with E-state index in [1.165, 1.54) is 12.1 Å². The normalized spacial score (nSPS) is 20.4. The first kappa shape index (κ1) is 17.9. The van der Waals surface area contributed by atoms with E-state index in [0.717, 1.165) is 38.4 Å². The summed E-state index contributed by atoms with van der Waals surface area (Å²) in [5.74, 6) is -0.0567. The number of hydrogen-bond donors (Lipinski definition) is 0. The van der Waals surface area contributed by atoms with Gasteiger partial charge in [0, 0.05) is 24.3 Å². The molecule has 0 amide bonds. The molecule has 2 aromatic rings. The van der Waals surface area contributed by atoms with E-state index in [0.29, 0.717) is 35.5 Å². The van der Waals surface area contributed by atoms with Crippen molar-refractivity contribution >= 4 is 0 Å². The number of ether oxygens (including phenoxy) is 2. The van der Waals surface area contributed by atoms with Crippen molar-refractivity contribution in [3.63, 3.8) is 0 Å². The van der Waals surface area contributed by atoms with Crippen LogP contribution < -0.4 is 4.74 Å². The zero-order valence-electron chi connectivity index (χ0n) is 14.4. The van der Waals surface area contributed by atoms with Crippen LogP contribution in [-0.4, -0.2) is 19.3 Å². The highest BCUT2D eigenvalue weighted by Crippen LogP contribution is 2.29. The minimum atomic E-state index is -0.581. The Morgan fingerprint density at radius 1 is 1.08 bits per heavy atom. The second-order valence-corrected chi connectivity index (χ2v) is 6.47. The molecule has 0 saturated heterocycles. The summed E-state index contributed by atoms with van der Waals surface area (Å²) >= 11 is 0. The molecule has 0 atom stereocenters. The second kappa shape index (κ2) is 8.43. The zero-order valence-corrected chi connectivity index (χ0v) is 14.4. The van der Waals surface area contributed by atoms with E-state index in [-0.39, 0.29) is 0 Å². The van der Waals surface area contributed by atoms with Crippen molar-refractivity contribution in [3.05, 3.63) is 54.1 Å². The zero-order chi connectivity index (χ0) is 17.6. The van der Waals surface area contributed by atoms with Crippen LogP contribution in [0.5, 0.6) is 5.75 Å². The molecule has 0 unspecified atom stereocenters. The first-order valence-electron chi connectivity index (χ1n) is 8.87. The van der Waals surface area contributed by atoms with Crippen molar-refractivity contribution in [2.75, 3.05) is 13.2 Å². The summed E-state index contributed by atoms with van der Waals surface area (Å²) in [6.07, 6.45) is 4.73. The van der Waals surface area contributed by atoms with Gasteiger partial charge in [0.2, 0.25) is 0 Å². The van der Waals surface area contributed by atoms with Crippen LogP contribution in [0.2, 0.25) is 0 Å². The molecule has 4 heteroatoms. The smallest absolute Gasteiger partial charge is 0.133 e. The van der Waals surface area contributed by atoms with Crippen molar-refractivity contribution in [3.8, 4) is 16.9 Å². The average molecular weight is 345 g/mol. The molecule has 0 heterocycles. The highest BCUT2D eigenvalue weighted by molar-refractivity contribution is 5.65. The van der Waals surface area contributed by atoms with Gasteiger partial charge in [-0.05, 0) is 68.4 Å². The molecule has 1 aliphatic rings. The number of rotatable bonds is 6. The van der Waals surface area contributed by atoms with Gasteiger partial charge >= 0.3 is 0 Å². The molecule has 1 saturated carbocycles. The van der Waals surface area contributed by atoms with Crippen LogP contribution in [0.4, 0.5) is 8.78 Å². The van der Waals surface area contributed by atoms with Gasteiger partial charge in [0.25, 0.3) is 0 Å². The van der Waals surface area contributed by atoms with Gasteiger partial charge in [0.1, 0.15) is 17.4 Å². The van der Waals surface area contributed by atoms with Crippen LogP contribution in [0.25, 0.3) is 11.1 Å². The van der Waals surface area contributed by atoms with Gasteiger partial charge in [0.15, 0.2) is 0 Å². The van der Waals surface area contributed by atoms with Crippen molar-refractivity contribution in [1.29, 1.82) is 0 Å². The Morgan fingerprint density at radius 3 is 2.60 bits per heavy atom. The lowest BCUT2D eigenvalue weighted by atomic mass is 9.88. The van der Waals surface area contributed by atoms with Gasteiger partial charge in [-0.3, -0.25) is 0 Å². The third kappa shape index (κ3) is 4.79. The fourth-order valence-corrected chi connectivity index (χ4v) is 3.33. The molecule has 0 spiro atoms. The summed E-state index contributed by atoms with van der Waals surface area (Å²) in [6, 6.07) is 11.8. The van der Waals surface area contributed by atoms with Crippen LogP contribution in [0, 0.1) is 23.6 Å². The van der Waals surface area contributed by atoms with Crippen LogP contribution in [0.3, 0.4) is 0 Å². The van der Waals surface area contributed by atoms with E-state index in [4.69, 9.17) is 9.47 Å². The average Bonchev–Trinajstić information content (AvgIpc) is 2.62. The molecule has 133 valence electrons. The summed E-state index contributed by atoms with van der Waals surface area (Å²) in [4.78, 5) is 0. The molecule has 2 nitrogen and oxygen atoms in total. The first-order valence-corrected chi connectivity index (χ1v) is 8.87. The SMILES string of the molecule is CCO[C@H]1CC[C@H](COc2[c]ccc(-c3ccc(F)cc3F)c2)CC1. The first-order chi connectivity index (χ1) is 12.2. The Labute approximate surface area is 147 Å². The van der Waals surface area contributed by atoms with Crippen molar-refractivity contribution < 1.29 is 18.3 Å². The van der Waals surface area contributed by atoms with E-state index < -0.39 is 11.6 Å². The summed E-state index contributed by atoms with van der Waals surface area (Å²) in [5, 5.41) is 0. The molecule has 2 aromatic carbocycles. The maximum atomic E-state index is 13.9. The van der Waals surface area contributed by atoms with Crippen molar-refractivity contribution in [2.24, 2.45) is 5.92 Å². The topological polar surface area (TPSA) is 18.5 Å². The number of hydrogen-bond acceptors (Lipinski definition) is 2. The summed E-state index contributed by atoms with van der Waals surface area (Å²) in [7, 11) is 0. The molecule has 0 N–H and O–H groups in total. The Bertz CT molecular complexity index is 694. The minimum Gasteiger partial charge on any atom is -0.493 e. The van der Waals surface area contributed by atoms with Crippen LogP contribution >= 0.6 is 0 Å². The number of benzene rings is 2. The molecule has 25 heavy (non-hydrogen) atoms. The summed E-state index contributed by atoms with van der Waals surface area (Å²) < 4.78 is 38.5. The third-order valence-electron chi connectivity index (χ3n) is 4.69. The van der Waals surface area contributed by atoms with E-state index in [1.54, 1.807) is 18.2 Å². The van der Waals surface area contributed by atoms with E-state index >= 15 is 0 Å². The molecule has 1 radical (unpaired) electrons. The molecule has 0 bridgehead atoms. The van der Waals surface area contributed by atoms with Gasteiger partial charge in [0.05, 0.1) is 12.7 Å². The van der Waals surface area contributed by atoms with Crippen LogP contribution in [0.1, 0.15) is 32.6 Å².